The third-order valence-electron chi connectivity index (χ3n) is 4.69. The first-order valence-electron chi connectivity index (χ1n) is 7.38. The Kier molecular flexibility index (Phi) is 3.35. The third kappa shape index (κ3) is 2.26. The summed E-state index contributed by atoms with van der Waals surface area (Å²) in [5, 5.41) is 9.01. The molecule has 2 aliphatic rings. The summed E-state index contributed by atoms with van der Waals surface area (Å²) >= 11 is 0. The van der Waals surface area contributed by atoms with Gasteiger partial charge in [0.2, 0.25) is 0 Å². The fourth-order valence-electron chi connectivity index (χ4n) is 3.20. The number of carboxylic acids is 1. The number of rotatable bonds is 2. The summed E-state index contributed by atoms with van der Waals surface area (Å²) < 4.78 is 0. The molecule has 1 aromatic carbocycles. The molecule has 2 amide bonds. The van der Waals surface area contributed by atoms with Gasteiger partial charge in [0.1, 0.15) is 0 Å². The number of urea groups is 1. The van der Waals surface area contributed by atoms with Gasteiger partial charge in [0.05, 0.1) is 5.92 Å². The Morgan fingerprint density at radius 1 is 1.29 bits per heavy atom. The number of benzene rings is 1. The lowest BCUT2D eigenvalue weighted by atomic mass is 9.87. The smallest absolute Gasteiger partial charge is 0.324 e. The molecule has 5 nitrogen and oxygen atoms in total. The van der Waals surface area contributed by atoms with E-state index in [4.69, 9.17) is 5.11 Å². The van der Waals surface area contributed by atoms with Crippen molar-refractivity contribution in [1.82, 2.24) is 4.90 Å². The number of carboxylic acid groups (broad SMARTS) is 1. The molecule has 0 bridgehead atoms. The molecule has 0 aliphatic carbocycles. The highest BCUT2D eigenvalue weighted by Crippen LogP contribution is 2.34. The van der Waals surface area contributed by atoms with E-state index in [2.05, 4.69) is 13.0 Å². The van der Waals surface area contributed by atoms with E-state index < -0.39 is 11.9 Å². The molecule has 21 heavy (non-hydrogen) atoms. The largest absolute Gasteiger partial charge is 0.481 e. The van der Waals surface area contributed by atoms with Gasteiger partial charge in [-0.2, -0.15) is 0 Å². The van der Waals surface area contributed by atoms with Gasteiger partial charge < -0.3 is 10.0 Å². The van der Waals surface area contributed by atoms with E-state index in [1.807, 2.05) is 23.1 Å². The minimum absolute atomic E-state index is 0.00119. The molecule has 2 unspecified atom stereocenters. The second-order valence-electron chi connectivity index (χ2n) is 6.13. The molecule has 0 spiro atoms. The summed E-state index contributed by atoms with van der Waals surface area (Å²) in [5.41, 5.74) is 2.19. The Bertz CT molecular complexity index is 581. The number of anilines is 1. The minimum atomic E-state index is -0.785. The number of aliphatic carboxylic acids is 1. The van der Waals surface area contributed by atoms with E-state index >= 15 is 0 Å². The highest BCUT2D eigenvalue weighted by molar-refractivity contribution is 5.95. The number of para-hydroxylation sites is 1. The van der Waals surface area contributed by atoms with Gasteiger partial charge in [0.25, 0.3) is 0 Å². The molecule has 5 heteroatoms. The highest BCUT2D eigenvalue weighted by Gasteiger charge is 2.41. The summed E-state index contributed by atoms with van der Waals surface area (Å²) in [6.07, 6.45) is 0.880. The van der Waals surface area contributed by atoms with Crippen molar-refractivity contribution in [2.24, 2.45) is 11.8 Å². The fraction of sp³-hybridized carbons (Fsp3) is 0.500. The van der Waals surface area contributed by atoms with Crippen LogP contribution in [0.1, 0.15) is 19.4 Å². The molecular formula is C16H20N2O3. The van der Waals surface area contributed by atoms with Crippen molar-refractivity contribution in [3.05, 3.63) is 29.8 Å². The van der Waals surface area contributed by atoms with Crippen molar-refractivity contribution in [3.8, 4) is 0 Å². The van der Waals surface area contributed by atoms with Crippen molar-refractivity contribution in [1.29, 1.82) is 0 Å². The van der Waals surface area contributed by atoms with Crippen LogP contribution in [0.25, 0.3) is 0 Å². The minimum Gasteiger partial charge on any atom is -0.481 e. The molecule has 0 saturated carbocycles. The maximum atomic E-state index is 12.6. The molecule has 0 radical (unpaired) electrons. The molecule has 0 aromatic heterocycles. The number of nitrogens with zero attached hydrogens (tertiary/aromatic N) is 2. The second kappa shape index (κ2) is 5.06. The highest BCUT2D eigenvalue weighted by atomic mass is 16.4. The standard InChI is InChI=1S/C16H20N2O3/c1-10-7-12-5-3-4-6-14(12)18(10)16(21)17-8-13(9-17)11(2)15(19)20/h3-6,10-11,13H,7-9H2,1-2H3,(H,19,20). The summed E-state index contributed by atoms with van der Waals surface area (Å²) in [4.78, 5) is 27.2. The SMILES string of the molecule is CC(C(=O)O)C1CN(C(=O)N2c3ccccc3CC2C)C1. The number of fused-ring (bicyclic) bond motifs is 1. The fourth-order valence-corrected chi connectivity index (χ4v) is 3.20. The average Bonchev–Trinajstić information content (AvgIpc) is 2.72. The first-order chi connectivity index (χ1) is 9.99. The van der Waals surface area contributed by atoms with Crippen LogP contribution in [0.4, 0.5) is 10.5 Å². The summed E-state index contributed by atoms with van der Waals surface area (Å²) in [7, 11) is 0. The van der Waals surface area contributed by atoms with E-state index in [0.29, 0.717) is 13.1 Å². The van der Waals surface area contributed by atoms with Gasteiger partial charge in [-0.05, 0) is 25.0 Å². The van der Waals surface area contributed by atoms with Crippen molar-refractivity contribution in [2.75, 3.05) is 18.0 Å². The Balaban J connectivity index is 1.69. The van der Waals surface area contributed by atoms with Crippen LogP contribution in [0.3, 0.4) is 0 Å². The lowest BCUT2D eigenvalue weighted by molar-refractivity contribution is -0.144. The number of carbonyl (C=O) groups excluding carboxylic acids is 1. The van der Waals surface area contributed by atoms with E-state index in [1.54, 1.807) is 11.8 Å². The first kappa shape index (κ1) is 13.9. The van der Waals surface area contributed by atoms with Crippen molar-refractivity contribution in [2.45, 2.75) is 26.3 Å². The molecule has 2 aliphatic heterocycles. The monoisotopic (exact) mass is 288 g/mol. The molecule has 1 aromatic rings. The van der Waals surface area contributed by atoms with E-state index in [9.17, 15) is 9.59 Å². The van der Waals surface area contributed by atoms with Crippen LogP contribution in [-0.2, 0) is 11.2 Å². The van der Waals surface area contributed by atoms with Gasteiger partial charge in [-0.25, -0.2) is 4.79 Å². The van der Waals surface area contributed by atoms with Gasteiger partial charge in [-0.15, -0.1) is 0 Å². The predicted molar refractivity (Wildman–Crippen MR) is 79.3 cm³/mol. The quantitative estimate of drug-likeness (QED) is 0.907. The van der Waals surface area contributed by atoms with Gasteiger partial charge in [-0.3, -0.25) is 9.69 Å². The van der Waals surface area contributed by atoms with Gasteiger partial charge >= 0.3 is 12.0 Å². The van der Waals surface area contributed by atoms with E-state index in [1.165, 1.54) is 5.56 Å². The number of amides is 2. The third-order valence-corrected chi connectivity index (χ3v) is 4.69. The number of hydrogen-bond acceptors (Lipinski definition) is 2. The maximum Gasteiger partial charge on any atom is 0.324 e. The van der Waals surface area contributed by atoms with E-state index in [-0.39, 0.29) is 18.0 Å². The molecule has 1 saturated heterocycles. The lowest BCUT2D eigenvalue weighted by Crippen LogP contribution is -2.58. The van der Waals surface area contributed by atoms with Gasteiger partial charge in [0.15, 0.2) is 0 Å². The van der Waals surface area contributed by atoms with Crippen molar-refractivity contribution < 1.29 is 14.7 Å². The average molecular weight is 288 g/mol. The molecular weight excluding hydrogens is 268 g/mol. The normalized spacial score (nSPS) is 22.7. The first-order valence-corrected chi connectivity index (χ1v) is 7.38. The number of hydrogen-bond donors (Lipinski definition) is 1. The van der Waals surface area contributed by atoms with Gasteiger partial charge in [0, 0.05) is 30.7 Å². The lowest BCUT2D eigenvalue weighted by Gasteiger charge is -2.43. The molecule has 3 rings (SSSR count). The summed E-state index contributed by atoms with van der Waals surface area (Å²) in [6, 6.07) is 8.14. The van der Waals surface area contributed by atoms with E-state index in [0.717, 1.165) is 12.1 Å². The molecule has 1 fully saturated rings. The summed E-state index contributed by atoms with van der Waals surface area (Å²) in [5.74, 6) is -1.11. The van der Waals surface area contributed by atoms with Crippen LogP contribution in [0.2, 0.25) is 0 Å². The maximum absolute atomic E-state index is 12.6. The topological polar surface area (TPSA) is 60.9 Å². The predicted octanol–water partition coefficient (Wildman–Crippen LogP) is 2.21. The Morgan fingerprint density at radius 3 is 2.62 bits per heavy atom. The summed E-state index contributed by atoms with van der Waals surface area (Å²) in [6.45, 7) is 4.84. The van der Waals surface area contributed by atoms with Crippen molar-refractivity contribution in [3.63, 3.8) is 0 Å². The van der Waals surface area contributed by atoms with Gasteiger partial charge in [-0.1, -0.05) is 25.1 Å². The van der Waals surface area contributed by atoms with Crippen LogP contribution < -0.4 is 4.90 Å². The molecule has 1 N–H and O–H groups in total. The van der Waals surface area contributed by atoms with Crippen LogP contribution in [0.15, 0.2) is 24.3 Å². The number of carbonyl (C=O) groups is 2. The number of likely N-dealkylation sites (tertiary alicyclic amines) is 1. The van der Waals surface area contributed by atoms with Crippen LogP contribution >= 0.6 is 0 Å². The zero-order valence-electron chi connectivity index (χ0n) is 12.3. The zero-order valence-corrected chi connectivity index (χ0v) is 12.3. The van der Waals surface area contributed by atoms with Crippen LogP contribution in [-0.4, -0.2) is 41.1 Å². The zero-order chi connectivity index (χ0) is 15.1. The molecule has 2 heterocycles. The van der Waals surface area contributed by atoms with Crippen molar-refractivity contribution >= 4 is 17.7 Å². The molecule has 2 atom stereocenters. The van der Waals surface area contributed by atoms with Crippen LogP contribution in [0.5, 0.6) is 0 Å². The Labute approximate surface area is 124 Å². The molecule has 112 valence electrons. The Morgan fingerprint density at radius 2 is 1.95 bits per heavy atom. The van der Waals surface area contributed by atoms with Crippen LogP contribution in [0, 0.1) is 11.8 Å². The Hall–Kier alpha value is -2.04. The second-order valence-corrected chi connectivity index (χ2v) is 6.13.